The third-order valence-corrected chi connectivity index (χ3v) is 4.92. The molecule has 146 valence electrons. The maximum atomic E-state index is 12.5. The SMILES string of the molecule is CCOC(=O)Cn1cc(C=C2C(=O)N(C)C(=O)N(C)C2=O)c2cc(Br)ccc21. The van der Waals surface area contributed by atoms with Crippen molar-refractivity contribution in [1.29, 1.82) is 0 Å². The van der Waals surface area contributed by atoms with E-state index in [1.54, 1.807) is 17.7 Å². The van der Waals surface area contributed by atoms with Crippen LogP contribution in [0.15, 0.2) is 34.4 Å². The first-order valence-electron chi connectivity index (χ1n) is 8.50. The number of hydrogen-bond acceptors (Lipinski definition) is 5. The van der Waals surface area contributed by atoms with Crippen molar-refractivity contribution in [3.8, 4) is 0 Å². The summed E-state index contributed by atoms with van der Waals surface area (Å²) in [4.78, 5) is 50.5. The van der Waals surface area contributed by atoms with Gasteiger partial charge in [0.1, 0.15) is 12.1 Å². The maximum Gasteiger partial charge on any atom is 0.333 e. The number of aromatic nitrogens is 1. The summed E-state index contributed by atoms with van der Waals surface area (Å²) < 4.78 is 7.51. The highest BCUT2D eigenvalue weighted by atomic mass is 79.9. The fraction of sp³-hybridized carbons (Fsp3) is 0.263. The maximum absolute atomic E-state index is 12.5. The number of ether oxygens (including phenoxy) is 1. The van der Waals surface area contributed by atoms with Crippen LogP contribution in [0.25, 0.3) is 17.0 Å². The van der Waals surface area contributed by atoms with Crippen molar-refractivity contribution in [2.24, 2.45) is 0 Å². The van der Waals surface area contributed by atoms with Gasteiger partial charge in [-0.3, -0.25) is 24.2 Å². The predicted octanol–water partition coefficient (Wildman–Crippen LogP) is 2.40. The first-order valence-corrected chi connectivity index (χ1v) is 9.29. The van der Waals surface area contributed by atoms with E-state index in [1.165, 1.54) is 20.2 Å². The molecule has 3 rings (SSSR count). The van der Waals surface area contributed by atoms with Gasteiger partial charge >= 0.3 is 12.0 Å². The molecule has 0 N–H and O–H groups in total. The standard InChI is InChI=1S/C19H18BrN3O5/c1-4-28-16(24)10-23-9-11(13-8-12(20)5-6-15(13)23)7-14-17(25)21(2)19(27)22(3)18(14)26/h5-9H,4,10H2,1-3H3. The van der Waals surface area contributed by atoms with Crippen molar-refractivity contribution in [1.82, 2.24) is 14.4 Å². The van der Waals surface area contributed by atoms with Gasteiger partial charge in [0.05, 0.1) is 6.61 Å². The van der Waals surface area contributed by atoms with Crippen LogP contribution in [-0.2, 0) is 25.7 Å². The van der Waals surface area contributed by atoms with Crippen LogP contribution in [0.5, 0.6) is 0 Å². The molecule has 4 amide bonds. The topological polar surface area (TPSA) is 88.9 Å². The van der Waals surface area contributed by atoms with Crippen molar-refractivity contribution in [3.05, 3.63) is 40.0 Å². The van der Waals surface area contributed by atoms with Gasteiger partial charge in [-0.1, -0.05) is 15.9 Å². The van der Waals surface area contributed by atoms with E-state index in [0.29, 0.717) is 5.56 Å². The lowest BCUT2D eigenvalue weighted by atomic mass is 10.1. The summed E-state index contributed by atoms with van der Waals surface area (Å²) in [6.07, 6.45) is 3.12. The number of hydrogen-bond donors (Lipinski definition) is 0. The van der Waals surface area contributed by atoms with Crippen LogP contribution < -0.4 is 0 Å². The fourth-order valence-electron chi connectivity index (χ4n) is 3.02. The quantitative estimate of drug-likeness (QED) is 0.407. The van der Waals surface area contributed by atoms with Gasteiger partial charge < -0.3 is 9.30 Å². The van der Waals surface area contributed by atoms with E-state index in [0.717, 1.165) is 25.2 Å². The molecule has 0 unspecified atom stereocenters. The Bertz CT molecular complexity index is 1010. The second kappa shape index (κ2) is 7.59. The second-order valence-corrected chi connectivity index (χ2v) is 7.16. The first-order chi connectivity index (χ1) is 13.2. The molecule has 1 aromatic heterocycles. The monoisotopic (exact) mass is 447 g/mol. The molecule has 0 radical (unpaired) electrons. The van der Waals surface area contributed by atoms with Gasteiger partial charge in [-0.15, -0.1) is 0 Å². The highest BCUT2D eigenvalue weighted by molar-refractivity contribution is 9.10. The Morgan fingerprint density at radius 3 is 2.39 bits per heavy atom. The van der Waals surface area contributed by atoms with Crippen LogP contribution in [0.3, 0.4) is 0 Å². The van der Waals surface area contributed by atoms with Crippen LogP contribution in [0.1, 0.15) is 12.5 Å². The van der Waals surface area contributed by atoms with Crippen molar-refractivity contribution in [2.75, 3.05) is 20.7 Å². The average molecular weight is 448 g/mol. The van der Waals surface area contributed by atoms with Gasteiger partial charge in [0.25, 0.3) is 11.8 Å². The van der Waals surface area contributed by atoms with Crippen molar-refractivity contribution in [3.63, 3.8) is 0 Å². The number of amides is 4. The van der Waals surface area contributed by atoms with Crippen LogP contribution in [0, 0.1) is 0 Å². The van der Waals surface area contributed by atoms with Gasteiger partial charge in [-0.25, -0.2) is 4.79 Å². The minimum Gasteiger partial charge on any atom is -0.465 e. The van der Waals surface area contributed by atoms with E-state index in [-0.39, 0.29) is 18.7 Å². The molecule has 2 heterocycles. The van der Waals surface area contributed by atoms with Gasteiger partial charge in [0.15, 0.2) is 0 Å². The van der Waals surface area contributed by atoms with E-state index in [9.17, 15) is 19.2 Å². The van der Waals surface area contributed by atoms with Crippen molar-refractivity contribution < 1.29 is 23.9 Å². The smallest absolute Gasteiger partial charge is 0.333 e. The lowest BCUT2D eigenvalue weighted by Crippen LogP contribution is -2.52. The minimum atomic E-state index is -0.681. The zero-order valence-electron chi connectivity index (χ0n) is 15.6. The highest BCUT2D eigenvalue weighted by Gasteiger charge is 2.38. The van der Waals surface area contributed by atoms with Gasteiger partial charge in [-0.2, -0.15) is 0 Å². The number of halogens is 1. The normalized spacial score (nSPS) is 14.9. The zero-order valence-corrected chi connectivity index (χ0v) is 17.1. The number of fused-ring (bicyclic) bond motifs is 1. The number of carbonyl (C=O) groups excluding carboxylic acids is 4. The largest absolute Gasteiger partial charge is 0.465 e. The summed E-state index contributed by atoms with van der Waals surface area (Å²) in [5.41, 5.74) is 1.20. The Balaban J connectivity index is 2.12. The van der Waals surface area contributed by atoms with Gasteiger partial charge in [0.2, 0.25) is 0 Å². The number of barbiturate groups is 1. The number of rotatable bonds is 4. The molecule has 1 aliphatic rings. The lowest BCUT2D eigenvalue weighted by Gasteiger charge is -2.28. The molecule has 28 heavy (non-hydrogen) atoms. The number of esters is 1. The molecule has 1 fully saturated rings. The number of carbonyl (C=O) groups is 4. The fourth-order valence-corrected chi connectivity index (χ4v) is 3.38. The molecular formula is C19H18BrN3O5. The number of likely N-dealkylation sites (N-methyl/N-ethyl adjacent to an activating group) is 2. The minimum absolute atomic E-state index is 0.00463. The predicted molar refractivity (Wildman–Crippen MR) is 105 cm³/mol. The van der Waals surface area contributed by atoms with Crippen molar-refractivity contribution in [2.45, 2.75) is 13.5 Å². The number of nitrogens with zero attached hydrogens (tertiary/aromatic N) is 3. The van der Waals surface area contributed by atoms with E-state index in [4.69, 9.17) is 4.74 Å². The molecule has 0 aliphatic carbocycles. The third-order valence-electron chi connectivity index (χ3n) is 4.42. The molecule has 1 aromatic carbocycles. The molecular weight excluding hydrogens is 430 g/mol. The average Bonchev–Trinajstić information content (AvgIpc) is 2.98. The molecule has 9 heteroatoms. The molecule has 0 bridgehead atoms. The molecule has 2 aromatic rings. The zero-order chi connectivity index (χ0) is 20.6. The summed E-state index contributed by atoms with van der Waals surface area (Å²) in [7, 11) is 2.64. The Labute approximate surface area is 169 Å². The van der Waals surface area contributed by atoms with Crippen LogP contribution in [0.4, 0.5) is 4.79 Å². The van der Waals surface area contributed by atoms with E-state index < -0.39 is 23.8 Å². The van der Waals surface area contributed by atoms with Crippen LogP contribution >= 0.6 is 15.9 Å². The molecule has 1 aliphatic heterocycles. The first kappa shape index (κ1) is 19.8. The Kier molecular flexibility index (Phi) is 5.37. The van der Waals surface area contributed by atoms with E-state index >= 15 is 0 Å². The van der Waals surface area contributed by atoms with Gasteiger partial charge in [0, 0.05) is 41.2 Å². The lowest BCUT2D eigenvalue weighted by molar-refractivity contribution is -0.143. The summed E-state index contributed by atoms with van der Waals surface area (Å²) in [5, 5.41) is 0.744. The number of imide groups is 2. The second-order valence-electron chi connectivity index (χ2n) is 6.25. The third kappa shape index (κ3) is 3.45. The Morgan fingerprint density at radius 1 is 1.14 bits per heavy atom. The molecule has 8 nitrogen and oxygen atoms in total. The molecule has 0 atom stereocenters. The van der Waals surface area contributed by atoms with Crippen LogP contribution in [-0.4, -0.2) is 58.9 Å². The summed E-state index contributed by atoms with van der Waals surface area (Å²) in [5.74, 6) is -1.74. The molecule has 1 saturated heterocycles. The van der Waals surface area contributed by atoms with Gasteiger partial charge in [-0.05, 0) is 31.2 Å². The Hall–Kier alpha value is -2.94. The van der Waals surface area contributed by atoms with Crippen molar-refractivity contribution >= 4 is 56.7 Å². The summed E-state index contributed by atoms with van der Waals surface area (Å²) in [6, 6.07) is 4.81. The number of urea groups is 1. The summed E-state index contributed by atoms with van der Waals surface area (Å²) >= 11 is 3.41. The Morgan fingerprint density at radius 2 is 1.79 bits per heavy atom. The van der Waals surface area contributed by atoms with E-state index in [1.807, 2.05) is 18.2 Å². The highest BCUT2D eigenvalue weighted by Crippen LogP contribution is 2.28. The summed E-state index contributed by atoms with van der Waals surface area (Å²) in [6.45, 7) is 2.00. The number of benzene rings is 1. The molecule has 0 spiro atoms. The van der Waals surface area contributed by atoms with E-state index in [2.05, 4.69) is 15.9 Å². The molecule has 0 saturated carbocycles. The van der Waals surface area contributed by atoms with Crippen LogP contribution in [0.2, 0.25) is 0 Å².